The lowest BCUT2D eigenvalue weighted by Crippen LogP contribution is -1.98. The number of aryl methyl sites for hydroxylation is 2. The van der Waals surface area contributed by atoms with Crippen LogP contribution in [0.25, 0.3) is 0 Å². The Morgan fingerprint density at radius 2 is 1.94 bits per heavy atom. The Morgan fingerprint density at radius 1 is 1.18 bits per heavy atom. The molecule has 0 saturated carbocycles. The second kappa shape index (κ2) is 4.67. The molecule has 0 aliphatic carbocycles. The quantitative estimate of drug-likeness (QED) is 0.829. The second-order valence-corrected chi connectivity index (χ2v) is 4.10. The van der Waals surface area contributed by atoms with Crippen molar-refractivity contribution in [2.45, 2.75) is 13.8 Å². The summed E-state index contributed by atoms with van der Waals surface area (Å²) < 4.78 is 13.3. The normalized spacial score (nSPS) is 10.4. The number of nitrogens with one attached hydrogen (secondary N) is 1. The first-order valence-corrected chi connectivity index (χ1v) is 5.47. The minimum atomic E-state index is -0.258. The van der Waals surface area contributed by atoms with E-state index in [0.717, 1.165) is 0 Å². The Hall–Kier alpha value is -1.68. The van der Waals surface area contributed by atoms with Crippen molar-refractivity contribution in [1.29, 1.82) is 0 Å². The monoisotopic (exact) mass is 251 g/mol. The van der Waals surface area contributed by atoms with Crippen LogP contribution in [0.5, 0.6) is 0 Å². The third kappa shape index (κ3) is 2.91. The predicted molar refractivity (Wildman–Crippen MR) is 66.2 cm³/mol. The average molecular weight is 252 g/mol. The largest absolute Gasteiger partial charge is 0.340 e. The molecule has 0 bridgehead atoms. The van der Waals surface area contributed by atoms with E-state index in [0.29, 0.717) is 28.0 Å². The second-order valence-electron chi connectivity index (χ2n) is 3.71. The maximum absolute atomic E-state index is 13.3. The maximum atomic E-state index is 13.3. The van der Waals surface area contributed by atoms with E-state index in [1.54, 1.807) is 32.0 Å². The highest BCUT2D eigenvalue weighted by Gasteiger charge is 2.03. The fraction of sp³-hybridized carbons (Fsp3) is 0.167. The van der Waals surface area contributed by atoms with Gasteiger partial charge in [0.25, 0.3) is 0 Å². The molecule has 5 heteroatoms. The van der Waals surface area contributed by atoms with Crippen LogP contribution in [0.2, 0.25) is 5.15 Å². The molecule has 1 N–H and O–H groups in total. The number of hydrogen-bond acceptors (Lipinski definition) is 3. The highest BCUT2D eigenvalue weighted by molar-refractivity contribution is 6.29. The average Bonchev–Trinajstić information content (AvgIpc) is 2.22. The first-order valence-electron chi connectivity index (χ1n) is 5.09. The van der Waals surface area contributed by atoms with Gasteiger partial charge in [0.15, 0.2) is 0 Å². The van der Waals surface area contributed by atoms with Crippen LogP contribution in [0.1, 0.15) is 11.4 Å². The van der Waals surface area contributed by atoms with Gasteiger partial charge in [-0.3, -0.25) is 0 Å². The zero-order chi connectivity index (χ0) is 12.4. The van der Waals surface area contributed by atoms with E-state index in [9.17, 15) is 4.39 Å². The Kier molecular flexibility index (Phi) is 3.24. The van der Waals surface area contributed by atoms with Crippen LogP contribution in [0.4, 0.5) is 15.9 Å². The molecule has 0 aliphatic rings. The molecule has 1 heterocycles. The van der Waals surface area contributed by atoms with Crippen molar-refractivity contribution in [2.24, 2.45) is 0 Å². The highest BCUT2D eigenvalue weighted by Crippen LogP contribution is 2.19. The Bertz CT molecular complexity index is 537. The summed E-state index contributed by atoms with van der Waals surface area (Å²) in [6.07, 6.45) is 0. The molecule has 88 valence electrons. The van der Waals surface area contributed by atoms with Crippen LogP contribution in [-0.4, -0.2) is 9.97 Å². The fourth-order valence-electron chi connectivity index (χ4n) is 1.41. The van der Waals surface area contributed by atoms with E-state index in [1.807, 2.05) is 0 Å². The molecule has 1 aromatic carbocycles. The standard InChI is InChI=1S/C12H11ClFN3/c1-7-3-4-9(5-10(7)14)17-12-6-11(13)15-8(2)16-12/h3-6H,1-2H3,(H,15,16,17). The molecule has 2 aromatic rings. The molecule has 0 unspecified atom stereocenters. The SMILES string of the molecule is Cc1nc(Cl)cc(Nc2ccc(C)c(F)c2)n1. The topological polar surface area (TPSA) is 37.8 Å². The van der Waals surface area contributed by atoms with Crippen molar-refractivity contribution in [3.8, 4) is 0 Å². The van der Waals surface area contributed by atoms with E-state index >= 15 is 0 Å². The molecule has 0 amide bonds. The molecule has 0 atom stereocenters. The lowest BCUT2D eigenvalue weighted by atomic mass is 10.2. The number of aromatic nitrogens is 2. The lowest BCUT2D eigenvalue weighted by Gasteiger charge is -2.07. The van der Waals surface area contributed by atoms with E-state index in [2.05, 4.69) is 15.3 Å². The molecule has 0 fully saturated rings. The molecule has 1 aromatic heterocycles. The van der Waals surface area contributed by atoms with Gasteiger partial charge in [-0.15, -0.1) is 0 Å². The van der Waals surface area contributed by atoms with Crippen molar-refractivity contribution in [2.75, 3.05) is 5.32 Å². The van der Waals surface area contributed by atoms with Gasteiger partial charge in [-0.1, -0.05) is 17.7 Å². The van der Waals surface area contributed by atoms with E-state index in [1.165, 1.54) is 6.07 Å². The molecule has 0 spiro atoms. The van der Waals surface area contributed by atoms with Crippen molar-refractivity contribution in [3.63, 3.8) is 0 Å². The molecule has 0 aliphatic heterocycles. The lowest BCUT2D eigenvalue weighted by molar-refractivity contribution is 0.619. The number of nitrogens with zero attached hydrogens (tertiary/aromatic N) is 2. The van der Waals surface area contributed by atoms with Gasteiger partial charge in [-0.2, -0.15) is 0 Å². The van der Waals surface area contributed by atoms with Gasteiger partial charge in [0.05, 0.1) is 0 Å². The summed E-state index contributed by atoms with van der Waals surface area (Å²) in [5.41, 5.74) is 1.23. The van der Waals surface area contributed by atoms with Crippen molar-refractivity contribution < 1.29 is 4.39 Å². The van der Waals surface area contributed by atoms with Gasteiger partial charge < -0.3 is 5.32 Å². The first kappa shape index (κ1) is 11.8. The molecular weight excluding hydrogens is 241 g/mol. The van der Waals surface area contributed by atoms with Gasteiger partial charge in [0, 0.05) is 11.8 Å². The molecule has 0 radical (unpaired) electrons. The summed E-state index contributed by atoms with van der Waals surface area (Å²) in [5, 5.41) is 3.33. The Labute approximate surface area is 104 Å². The molecule has 2 rings (SSSR count). The van der Waals surface area contributed by atoms with Crippen LogP contribution in [0, 0.1) is 19.7 Å². The van der Waals surface area contributed by atoms with Crippen LogP contribution in [-0.2, 0) is 0 Å². The van der Waals surface area contributed by atoms with Crippen molar-refractivity contribution in [1.82, 2.24) is 9.97 Å². The third-order valence-corrected chi connectivity index (χ3v) is 2.44. The minimum absolute atomic E-state index is 0.258. The molecule has 3 nitrogen and oxygen atoms in total. The summed E-state index contributed by atoms with van der Waals surface area (Å²) in [5.74, 6) is 0.852. The van der Waals surface area contributed by atoms with E-state index < -0.39 is 0 Å². The van der Waals surface area contributed by atoms with Crippen molar-refractivity contribution >= 4 is 23.1 Å². The summed E-state index contributed by atoms with van der Waals surface area (Å²) in [7, 11) is 0. The van der Waals surface area contributed by atoms with Gasteiger partial charge in [0.1, 0.15) is 22.6 Å². The number of benzene rings is 1. The fourth-order valence-corrected chi connectivity index (χ4v) is 1.64. The van der Waals surface area contributed by atoms with E-state index in [-0.39, 0.29) is 5.82 Å². The molecule has 17 heavy (non-hydrogen) atoms. The summed E-state index contributed by atoms with van der Waals surface area (Å²) >= 11 is 5.81. The van der Waals surface area contributed by atoms with Crippen LogP contribution in [0.15, 0.2) is 24.3 Å². The Balaban J connectivity index is 2.28. The van der Waals surface area contributed by atoms with Crippen LogP contribution in [0.3, 0.4) is 0 Å². The number of hydrogen-bond donors (Lipinski definition) is 1. The van der Waals surface area contributed by atoms with E-state index in [4.69, 9.17) is 11.6 Å². The van der Waals surface area contributed by atoms with Gasteiger partial charge in [-0.25, -0.2) is 14.4 Å². The number of anilines is 2. The zero-order valence-electron chi connectivity index (χ0n) is 9.46. The summed E-state index contributed by atoms with van der Waals surface area (Å²) in [4.78, 5) is 8.10. The maximum Gasteiger partial charge on any atom is 0.135 e. The number of rotatable bonds is 2. The highest BCUT2D eigenvalue weighted by atomic mass is 35.5. The molecule has 0 saturated heterocycles. The molecular formula is C12H11ClFN3. The number of halogens is 2. The summed E-state index contributed by atoms with van der Waals surface area (Å²) in [6, 6.07) is 6.49. The Morgan fingerprint density at radius 3 is 2.59 bits per heavy atom. The predicted octanol–water partition coefficient (Wildman–Crippen LogP) is 3.63. The van der Waals surface area contributed by atoms with Gasteiger partial charge in [0.2, 0.25) is 0 Å². The van der Waals surface area contributed by atoms with Crippen LogP contribution >= 0.6 is 11.6 Å². The third-order valence-electron chi connectivity index (χ3n) is 2.25. The minimum Gasteiger partial charge on any atom is -0.340 e. The van der Waals surface area contributed by atoms with Gasteiger partial charge >= 0.3 is 0 Å². The summed E-state index contributed by atoms with van der Waals surface area (Å²) in [6.45, 7) is 3.46. The van der Waals surface area contributed by atoms with Crippen LogP contribution < -0.4 is 5.32 Å². The zero-order valence-corrected chi connectivity index (χ0v) is 10.2. The first-order chi connectivity index (χ1) is 8.04. The van der Waals surface area contributed by atoms with Crippen molar-refractivity contribution in [3.05, 3.63) is 46.6 Å². The smallest absolute Gasteiger partial charge is 0.135 e. The van der Waals surface area contributed by atoms with Gasteiger partial charge in [-0.05, 0) is 31.5 Å².